The molecule has 1 heteroatoms. The van der Waals surface area contributed by atoms with Crippen LogP contribution >= 0.6 is 0 Å². The maximum Gasteiger partial charge on any atom is 0.0239 e. The molecule has 0 N–H and O–H groups in total. The summed E-state index contributed by atoms with van der Waals surface area (Å²) in [5.41, 5.74) is 3.97. The first kappa shape index (κ1) is 24.0. The molecular formula is C26H45N. The summed E-state index contributed by atoms with van der Waals surface area (Å²) in [5.74, 6) is 0. The van der Waals surface area contributed by atoms with E-state index >= 15 is 0 Å². The van der Waals surface area contributed by atoms with E-state index in [0.717, 1.165) is 6.54 Å². The topological polar surface area (TPSA) is 3.24 Å². The molecule has 1 aromatic carbocycles. The van der Waals surface area contributed by atoms with Crippen molar-refractivity contribution in [1.82, 2.24) is 4.90 Å². The van der Waals surface area contributed by atoms with Gasteiger partial charge in [0, 0.05) is 6.54 Å². The number of hydrogen-bond donors (Lipinski definition) is 0. The van der Waals surface area contributed by atoms with Crippen molar-refractivity contribution in [3.8, 4) is 0 Å². The fourth-order valence-electron chi connectivity index (χ4n) is 3.82. The van der Waals surface area contributed by atoms with Crippen molar-refractivity contribution >= 4 is 5.57 Å². The zero-order valence-electron chi connectivity index (χ0n) is 18.6. The second-order valence-corrected chi connectivity index (χ2v) is 8.25. The molecule has 0 bridgehead atoms. The molecular weight excluding hydrogens is 326 g/mol. The van der Waals surface area contributed by atoms with E-state index in [4.69, 9.17) is 0 Å². The predicted molar refractivity (Wildman–Crippen MR) is 123 cm³/mol. The highest BCUT2D eigenvalue weighted by Gasteiger charge is 2.09. The van der Waals surface area contributed by atoms with Gasteiger partial charge in [-0.2, -0.15) is 0 Å². The summed E-state index contributed by atoms with van der Waals surface area (Å²) in [6, 6.07) is 8.83. The van der Waals surface area contributed by atoms with E-state index in [1.165, 1.54) is 107 Å². The zero-order valence-corrected chi connectivity index (χ0v) is 18.6. The molecule has 0 saturated heterocycles. The Morgan fingerprint density at radius 3 is 1.74 bits per heavy atom. The molecule has 0 unspecified atom stereocenters. The SMILES string of the molecule is C=C(C)c1ccccc1CN(CCCCCCCC)CCCCCCCC. The van der Waals surface area contributed by atoms with Gasteiger partial charge in [0.05, 0.1) is 0 Å². The summed E-state index contributed by atoms with van der Waals surface area (Å²) < 4.78 is 0. The van der Waals surface area contributed by atoms with E-state index in [9.17, 15) is 0 Å². The first-order valence-corrected chi connectivity index (χ1v) is 11.6. The molecule has 0 saturated carbocycles. The Hall–Kier alpha value is -1.08. The minimum absolute atomic E-state index is 1.08. The van der Waals surface area contributed by atoms with Crippen LogP contribution in [0, 0.1) is 0 Å². The molecule has 0 aliphatic carbocycles. The minimum atomic E-state index is 1.08. The molecule has 27 heavy (non-hydrogen) atoms. The van der Waals surface area contributed by atoms with Crippen LogP contribution in [0.2, 0.25) is 0 Å². The van der Waals surface area contributed by atoms with E-state index in [-0.39, 0.29) is 0 Å². The van der Waals surface area contributed by atoms with Gasteiger partial charge in [-0.1, -0.05) is 114 Å². The maximum absolute atomic E-state index is 4.18. The van der Waals surface area contributed by atoms with Crippen LogP contribution < -0.4 is 0 Å². The largest absolute Gasteiger partial charge is 0.299 e. The third-order valence-corrected chi connectivity index (χ3v) is 5.53. The van der Waals surface area contributed by atoms with Gasteiger partial charge in [0.25, 0.3) is 0 Å². The third kappa shape index (κ3) is 11.4. The summed E-state index contributed by atoms with van der Waals surface area (Å²) in [6.45, 7) is 14.5. The molecule has 1 nitrogen and oxygen atoms in total. The van der Waals surface area contributed by atoms with Gasteiger partial charge >= 0.3 is 0 Å². The highest BCUT2D eigenvalue weighted by atomic mass is 15.1. The van der Waals surface area contributed by atoms with Crippen LogP contribution in [-0.4, -0.2) is 18.0 Å². The number of rotatable bonds is 17. The Bertz CT molecular complexity index is 475. The Kier molecular flexibility index (Phi) is 14.1. The number of unbranched alkanes of at least 4 members (excludes halogenated alkanes) is 10. The van der Waals surface area contributed by atoms with E-state index in [1.54, 1.807) is 0 Å². The van der Waals surface area contributed by atoms with E-state index in [2.05, 4.69) is 56.5 Å². The highest BCUT2D eigenvalue weighted by molar-refractivity contribution is 5.64. The van der Waals surface area contributed by atoms with Crippen molar-refractivity contribution in [2.45, 2.75) is 104 Å². The van der Waals surface area contributed by atoms with Gasteiger partial charge in [-0.05, 0) is 44.0 Å². The standard InChI is InChI=1S/C26H45N/c1-5-7-9-11-13-17-21-27(22-18-14-12-10-8-6-2)23-25-19-15-16-20-26(25)24(3)4/h15-16,19-20H,3,5-14,17-18,21-23H2,1-2,4H3. The molecule has 0 heterocycles. The first-order chi connectivity index (χ1) is 13.2. The Morgan fingerprint density at radius 2 is 1.22 bits per heavy atom. The maximum atomic E-state index is 4.18. The van der Waals surface area contributed by atoms with Crippen molar-refractivity contribution in [3.05, 3.63) is 42.0 Å². The first-order valence-electron chi connectivity index (χ1n) is 11.6. The van der Waals surface area contributed by atoms with Crippen LogP contribution in [0.4, 0.5) is 0 Å². The summed E-state index contributed by atoms with van der Waals surface area (Å²) in [5, 5.41) is 0. The second-order valence-electron chi connectivity index (χ2n) is 8.25. The van der Waals surface area contributed by atoms with Gasteiger partial charge in [-0.25, -0.2) is 0 Å². The fourth-order valence-corrected chi connectivity index (χ4v) is 3.82. The molecule has 0 amide bonds. The smallest absolute Gasteiger partial charge is 0.0239 e. The van der Waals surface area contributed by atoms with Crippen LogP contribution in [0.25, 0.3) is 5.57 Å². The van der Waals surface area contributed by atoms with Crippen molar-refractivity contribution in [2.75, 3.05) is 13.1 Å². The lowest BCUT2D eigenvalue weighted by atomic mass is 10.0. The van der Waals surface area contributed by atoms with Gasteiger partial charge < -0.3 is 0 Å². The summed E-state index contributed by atoms with van der Waals surface area (Å²) in [4.78, 5) is 2.70. The molecule has 0 aliphatic rings. The molecule has 1 aromatic rings. The van der Waals surface area contributed by atoms with Crippen LogP contribution in [-0.2, 0) is 6.54 Å². The molecule has 154 valence electrons. The molecule has 0 fully saturated rings. The quantitative estimate of drug-likeness (QED) is 0.249. The number of nitrogens with zero attached hydrogens (tertiary/aromatic N) is 1. The zero-order chi connectivity index (χ0) is 19.7. The summed E-state index contributed by atoms with van der Waals surface area (Å²) in [7, 11) is 0. The van der Waals surface area contributed by atoms with Gasteiger partial charge in [0.2, 0.25) is 0 Å². The molecule has 0 spiro atoms. The van der Waals surface area contributed by atoms with Crippen molar-refractivity contribution in [1.29, 1.82) is 0 Å². The number of allylic oxidation sites excluding steroid dienone is 1. The van der Waals surface area contributed by atoms with Gasteiger partial charge in [0.1, 0.15) is 0 Å². The van der Waals surface area contributed by atoms with E-state index in [1.807, 2.05) is 0 Å². The Labute approximate surface area is 170 Å². The second kappa shape index (κ2) is 15.9. The molecule has 0 aromatic heterocycles. The molecule has 0 aliphatic heterocycles. The van der Waals surface area contributed by atoms with Gasteiger partial charge in [-0.15, -0.1) is 0 Å². The lowest BCUT2D eigenvalue weighted by molar-refractivity contribution is 0.252. The average Bonchev–Trinajstić information content (AvgIpc) is 2.67. The van der Waals surface area contributed by atoms with Gasteiger partial charge in [0.15, 0.2) is 0 Å². The highest BCUT2D eigenvalue weighted by Crippen LogP contribution is 2.20. The van der Waals surface area contributed by atoms with Crippen LogP contribution in [0.5, 0.6) is 0 Å². The molecule has 0 atom stereocenters. The predicted octanol–water partition coefficient (Wildman–Crippen LogP) is 8.24. The molecule has 0 radical (unpaired) electrons. The third-order valence-electron chi connectivity index (χ3n) is 5.53. The fraction of sp³-hybridized carbons (Fsp3) is 0.692. The normalized spacial score (nSPS) is 11.3. The van der Waals surface area contributed by atoms with Crippen molar-refractivity contribution < 1.29 is 0 Å². The lowest BCUT2D eigenvalue weighted by Crippen LogP contribution is -2.26. The number of hydrogen-bond acceptors (Lipinski definition) is 1. The van der Waals surface area contributed by atoms with Crippen LogP contribution in [0.3, 0.4) is 0 Å². The minimum Gasteiger partial charge on any atom is -0.299 e. The van der Waals surface area contributed by atoms with Crippen molar-refractivity contribution in [2.24, 2.45) is 0 Å². The van der Waals surface area contributed by atoms with Crippen molar-refractivity contribution in [3.63, 3.8) is 0 Å². The monoisotopic (exact) mass is 371 g/mol. The van der Waals surface area contributed by atoms with Crippen LogP contribution in [0.15, 0.2) is 30.8 Å². The average molecular weight is 372 g/mol. The summed E-state index contributed by atoms with van der Waals surface area (Å²) >= 11 is 0. The molecule has 1 rings (SSSR count). The summed E-state index contributed by atoms with van der Waals surface area (Å²) in [6.07, 6.45) is 16.5. The number of benzene rings is 1. The Morgan fingerprint density at radius 1 is 0.741 bits per heavy atom. The Balaban J connectivity index is 2.50. The van der Waals surface area contributed by atoms with Gasteiger partial charge in [-0.3, -0.25) is 4.90 Å². The van der Waals surface area contributed by atoms with Crippen LogP contribution in [0.1, 0.15) is 109 Å². The van der Waals surface area contributed by atoms with E-state index in [0.29, 0.717) is 0 Å². The lowest BCUT2D eigenvalue weighted by Gasteiger charge is -2.24. The van der Waals surface area contributed by atoms with E-state index < -0.39 is 0 Å².